The number of ether oxygens (including phenoxy) is 2. The van der Waals surface area contributed by atoms with Gasteiger partial charge in [0.05, 0.1) is 11.7 Å². The van der Waals surface area contributed by atoms with Gasteiger partial charge >= 0.3 is 6.18 Å². The second-order valence-electron chi connectivity index (χ2n) is 7.54. The number of pyridine rings is 1. The van der Waals surface area contributed by atoms with Gasteiger partial charge in [-0.05, 0) is 50.5 Å². The number of aromatic nitrogens is 1. The van der Waals surface area contributed by atoms with E-state index in [4.69, 9.17) is 15.2 Å². The number of primary amides is 1. The average Bonchev–Trinajstić information content (AvgIpc) is 2.98. The molecule has 1 aliphatic rings. The Morgan fingerprint density at radius 1 is 1.31 bits per heavy atom. The molecule has 2 aromatic rings. The SMILES string of the molecule is CC1(C)CC[C@@H](COc2ccc(-c3cc(C(N)=O)c(=O)[nH]c3C(F)(F)F)cc2)O1. The average molecular weight is 410 g/mol. The molecule has 1 atom stereocenters. The lowest BCUT2D eigenvalue weighted by atomic mass is 10.0. The largest absolute Gasteiger partial charge is 0.491 e. The van der Waals surface area contributed by atoms with Gasteiger partial charge in [0.2, 0.25) is 0 Å². The van der Waals surface area contributed by atoms with Gasteiger partial charge in [-0.2, -0.15) is 13.2 Å². The van der Waals surface area contributed by atoms with Crippen LogP contribution >= 0.6 is 0 Å². The molecule has 0 saturated carbocycles. The smallest absolute Gasteiger partial charge is 0.431 e. The van der Waals surface area contributed by atoms with E-state index in [1.165, 1.54) is 24.3 Å². The second kappa shape index (κ2) is 7.55. The number of alkyl halides is 3. The van der Waals surface area contributed by atoms with Gasteiger partial charge in [-0.25, -0.2) is 0 Å². The first-order valence-corrected chi connectivity index (χ1v) is 9.02. The number of carbonyl (C=O) groups is 1. The lowest BCUT2D eigenvalue weighted by Crippen LogP contribution is -2.27. The molecule has 2 heterocycles. The number of rotatable bonds is 5. The fraction of sp³-hybridized carbons (Fsp3) is 0.400. The van der Waals surface area contributed by atoms with Crippen LogP contribution in [0.15, 0.2) is 35.1 Å². The molecule has 0 bridgehead atoms. The predicted molar refractivity (Wildman–Crippen MR) is 99.7 cm³/mol. The van der Waals surface area contributed by atoms with Crippen LogP contribution in [0, 0.1) is 0 Å². The van der Waals surface area contributed by atoms with Crippen LogP contribution in [0.25, 0.3) is 11.1 Å². The molecule has 3 N–H and O–H groups in total. The van der Waals surface area contributed by atoms with E-state index in [0.717, 1.165) is 18.9 Å². The Morgan fingerprint density at radius 2 is 1.97 bits per heavy atom. The van der Waals surface area contributed by atoms with Crippen molar-refractivity contribution in [3.8, 4) is 16.9 Å². The van der Waals surface area contributed by atoms with Crippen LogP contribution in [0.1, 0.15) is 42.7 Å². The molecule has 9 heteroatoms. The third kappa shape index (κ3) is 4.79. The summed E-state index contributed by atoms with van der Waals surface area (Å²) in [7, 11) is 0. The van der Waals surface area contributed by atoms with E-state index in [2.05, 4.69) is 0 Å². The fourth-order valence-corrected chi connectivity index (χ4v) is 3.28. The second-order valence-corrected chi connectivity index (χ2v) is 7.54. The number of hydrogen-bond acceptors (Lipinski definition) is 4. The summed E-state index contributed by atoms with van der Waals surface area (Å²) in [5, 5.41) is 0. The molecule has 0 spiro atoms. The van der Waals surface area contributed by atoms with Gasteiger partial charge in [-0.15, -0.1) is 0 Å². The highest BCUT2D eigenvalue weighted by Crippen LogP contribution is 2.36. The van der Waals surface area contributed by atoms with Crippen LogP contribution in [0.5, 0.6) is 5.75 Å². The highest BCUT2D eigenvalue weighted by atomic mass is 19.4. The van der Waals surface area contributed by atoms with E-state index in [9.17, 15) is 22.8 Å². The minimum absolute atomic E-state index is 0.0427. The Balaban J connectivity index is 1.84. The van der Waals surface area contributed by atoms with Crippen molar-refractivity contribution in [3.63, 3.8) is 0 Å². The molecular weight excluding hydrogens is 389 g/mol. The Hall–Kier alpha value is -2.81. The van der Waals surface area contributed by atoms with Gasteiger partial charge in [0, 0.05) is 5.56 Å². The number of carbonyl (C=O) groups excluding carboxylic acids is 1. The molecule has 1 saturated heterocycles. The summed E-state index contributed by atoms with van der Waals surface area (Å²) in [6.07, 6.45) is -3.06. The van der Waals surface area contributed by atoms with Crippen molar-refractivity contribution in [1.29, 1.82) is 0 Å². The number of aromatic amines is 1. The quantitative estimate of drug-likeness (QED) is 0.789. The van der Waals surface area contributed by atoms with Crippen LogP contribution in [0.3, 0.4) is 0 Å². The molecule has 6 nitrogen and oxygen atoms in total. The predicted octanol–water partition coefficient (Wildman–Crippen LogP) is 3.50. The number of halogens is 3. The van der Waals surface area contributed by atoms with Crippen molar-refractivity contribution < 1.29 is 27.4 Å². The Labute approximate surface area is 164 Å². The summed E-state index contributed by atoms with van der Waals surface area (Å²) in [4.78, 5) is 24.8. The number of H-pyrrole nitrogens is 1. The van der Waals surface area contributed by atoms with Gasteiger partial charge in [0.25, 0.3) is 11.5 Å². The topological polar surface area (TPSA) is 94.4 Å². The normalized spacial score (nSPS) is 18.6. The molecule has 1 fully saturated rings. The van der Waals surface area contributed by atoms with Crippen molar-refractivity contribution in [1.82, 2.24) is 4.98 Å². The minimum Gasteiger partial charge on any atom is -0.491 e. The first-order valence-electron chi connectivity index (χ1n) is 9.02. The summed E-state index contributed by atoms with van der Waals surface area (Å²) in [5.41, 5.74) is 1.73. The molecule has 3 rings (SSSR count). The summed E-state index contributed by atoms with van der Waals surface area (Å²) >= 11 is 0. The first-order chi connectivity index (χ1) is 13.5. The summed E-state index contributed by atoms with van der Waals surface area (Å²) in [6.45, 7) is 4.34. The van der Waals surface area contributed by atoms with Crippen molar-refractivity contribution in [2.75, 3.05) is 6.61 Å². The molecule has 1 aliphatic heterocycles. The Bertz CT molecular complexity index is 965. The molecular formula is C20H21F3N2O4. The minimum atomic E-state index is -4.81. The zero-order valence-corrected chi connectivity index (χ0v) is 15.9. The third-order valence-electron chi connectivity index (χ3n) is 4.75. The monoisotopic (exact) mass is 410 g/mol. The lowest BCUT2D eigenvalue weighted by Gasteiger charge is -2.19. The van der Waals surface area contributed by atoms with E-state index >= 15 is 0 Å². The maximum Gasteiger partial charge on any atom is 0.431 e. The van der Waals surface area contributed by atoms with Gasteiger partial charge in [-0.1, -0.05) is 12.1 Å². The third-order valence-corrected chi connectivity index (χ3v) is 4.75. The summed E-state index contributed by atoms with van der Waals surface area (Å²) in [6, 6.07) is 6.73. The molecule has 1 aromatic carbocycles. The molecule has 1 aromatic heterocycles. The Morgan fingerprint density at radius 3 is 2.48 bits per heavy atom. The van der Waals surface area contributed by atoms with Crippen LogP contribution in [-0.4, -0.2) is 29.2 Å². The van der Waals surface area contributed by atoms with Gasteiger partial charge in [0.1, 0.15) is 23.6 Å². The molecule has 0 aliphatic carbocycles. The maximum absolute atomic E-state index is 13.4. The number of amides is 1. The first kappa shape index (κ1) is 20.9. The van der Waals surface area contributed by atoms with Gasteiger partial charge < -0.3 is 20.2 Å². The number of benzene rings is 1. The zero-order chi connectivity index (χ0) is 21.4. The lowest BCUT2D eigenvalue weighted by molar-refractivity contribution is -0.140. The van der Waals surface area contributed by atoms with Crippen molar-refractivity contribution >= 4 is 5.91 Å². The van der Waals surface area contributed by atoms with E-state index in [0.29, 0.717) is 12.4 Å². The van der Waals surface area contributed by atoms with E-state index in [1.807, 2.05) is 13.8 Å². The van der Waals surface area contributed by atoms with Crippen LogP contribution in [0.4, 0.5) is 13.2 Å². The summed E-state index contributed by atoms with van der Waals surface area (Å²) in [5.74, 6) is -0.643. The molecule has 0 radical (unpaired) electrons. The molecule has 156 valence electrons. The number of hydrogen-bond donors (Lipinski definition) is 2. The zero-order valence-electron chi connectivity index (χ0n) is 15.9. The van der Waals surface area contributed by atoms with Gasteiger partial charge in [-0.3, -0.25) is 9.59 Å². The van der Waals surface area contributed by atoms with Crippen molar-refractivity contribution in [2.24, 2.45) is 5.73 Å². The van der Waals surface area contributed by atoms with Crippen LogP contribution in [0.2, 0.25) is 0 Å². The number of nitrogens with one attached hydrogen (secondary N) is 1. The van der Waals surface area contributed by atoms with Crippen molar-refractivity contribution in [3.05, 3.63) is 51.9 Å². The fourth-order valence-electron chi connectivity index (χ4n) is 3.28. The highest BCUT2D eigenvalue weighted by Gasteiger charge is 2.36. The summed E-state index contributed by atoms with van der Waals surface area (Å²) < 4.78 is 51.6. The van der Waals surface area contributed by atoms with Crippen LogP contribution in [-0.2, 0) is 10.9 Å². The van der Waals surface area contributed by atoms with Crippen molar-refractivity contribution in [2.45, 2.75) is 44.6 Å². The molecule has 1 amide bonds. The standard InChI is InChI=1S/C20H21F3N2O4/c1-19(2)8-7-13(29-19)10-28-12-5-3-11(4-6-12)14-9-15(17(24)26)18(27)25-16(14)20(21,22)23/h3-6,9,13H,7-8,10H2,1-2H3,(H2,24,26)(H,25,27)/t13-/m0/s1. The van der Waals surface area contributed by atoms with E-state index in [-0.39, 0.29) is 22.8 Å². The maximum atomic E-state index is 13.4. The highest BCUT2D eigenvalue weighted by molar-refractivity contribution is 5.93. The van der Waals surface area contributed by atoms with E-state index in [1.54, 1.807) is 4.98 Å². The van der Waals surface area contributed by atoms with Crippen LogP contribution < -0.4 is 16.0 Å². The molecule has 0 unspecified atom stereocenters. The number of nitrogens with two attached hydrogens (primary N) is 1. The molecule has 29 heavy (non-hydrogen) atoms. The Kier molecular flexibility index (Phi) is 5.44. The van der Waals surface area contributed by atoms with Gasteiger partial charge in [0.15, 0.2) is 0 Å². The van der Waals surface area contributed by atoms with E-state index < -0.39 is 28.9 Å².